The van der Waals surface area contributed by atoms with Crippen LogP contribution in [0.1, 0.15) is 16.3 Å². The van der Waals surface area contributed by atoms with Crippen molar-refractivity contribution in [1.82, 2.24) is 20.1 Å². The third-order valence-electron chi connectivity index (χ3n) is 5.14. The van der Waals surface area contributed by atoms with Gasteiger partial charge in [0.2, 0.25) is 5.91 Å². The van der Waals surface area contributed by atoms with Crippen LogP contribution in [0.15, 0.2) is 71.2 Å². The first-order chi connectivity index (χ1) is 16.7. The van der Waals surface area contributed by atoms with Gasteiger partial charge < -0.3 is 14.8 Å². The maximum absolute atomic E-state index is 12.5. The summed E-state index contributed by atoms with van der Waals surface area (Å²) in [5.41, 5.74) is 2.04. The van der Waals surface area contributed by atoms with Crippen molar-refractivity contribution in [2.75, 3.05) is 26.5 Å². The summed E-state index contributed by atoms with van der Waals surface area (Å²) in [5, 5.41) is 14.5. The fourth-order valence-electron chi connectivity index (χ4n) is 3.48. The van der Waals surface area contributed by atoms with Crippen LogP contribution in [0.25, 0.3) is 5.69 Å². The topological polar surface area (TPSA) is 78.3 Å². The normalized spacial score (nSPS) is 10.8. The van der Waals surface area contributed by atoms with Crippen molar-refractivity contribution in [2.24, 2.45) is 0 Å². The second-order valence-electron chi connectivity index (χ2n) is 7.40. The highest BCUT2D eigenvalue weighted by Gasteiger charge is 2.16. The number of nitrogens with zero attached hydrogens (tertiary/aromatic N) is 3. The van der Waals surface area contributed by atoms with Crippen LogP contribution >= 0.6 is 23.1 Å². The van der Waals surface area contributed by atoms with Crippen LogP contribution < -0.4 is 14.8 Å². The molecule has 2 aromatic heterocycles. The number of benzene rings is 2. The molecule has 4 rings (SSSR count). The van der Waals surface area contributed by atoms with Crippen molar-refractivity contribution in [3.05, 3.63) is 82.3 Å². The van der Waals surface area contributed by atoms with Crippen LogP contribution in [0.5, 0.6) is 11.5 Å². The summed E-state index contributed by atoms with van der Waals surface area (Å²) in [5.74, 6) is 2.43. The van der Waals surface area contributed by atoms with Gasteiger partial charge in [-0.05, 0) is 47.7 Å². The van der Waals surface area contributed by atoms with Gasteiger partial charge >= 0.3 is 0 Å². The summed E-state index contributed by atoms with van der Waals surface area (Å²) in [6.07, 6.45) is 1.39. The maximum atomic E-state index is 12.5. The Bertz CT molecular complexity index is 1210. The number of thiophene rings is 1. The molecule has 2 heterocycles. The smallest absolute Gasteiger partial charge is 0.230 e. The zero-order chi connectivity index (χ0) is 23.8. The average Bonchev–Trinajstić information content (AvgIpc) is 3.53. The molecule has 0 atom stereocenters. The fourth-order valence-corrected chi connectivity index (χ4v) is 4.98. The number of para-hydroxylation sites is 1. The third kappa shape index (κ3) is 5.98. The number of methoxy groups -OCH3 is 2. The van der Waals surface area contributed by atoms with Gasteiger partial charge in [0.05, 0.1) is 20.0 Å². The third-order valence-corrected chi connectivity index (χ3v) is 6.95. The lowest BCUT2D eigenvalue weighted by molar-refractivity contribution is -0.118. The number of carbonyl (C=O) groups excluding carboxylic acids is 1. The lowest BCUT2D eigenvalue weighted by atomic mass is 10.1. The Balaban J connectivity index is 1.36. The van der Waals surface area contributed by atoms with Crippen molar-refractivity contribution < 1.29 is 14.3 Å². The molecule has 0 unspecified atom stereocenters. The summed E-state index contributed by atoms with van der Waals surface area (Å²) in [6.45, 7) is 0.532. The van der Waals surface area contributed by atoms with Crippen LogP contribution in [-0.4, -0.2) is 47.2 Å². The van der Waals surface area contributed by atoms with Crippen LogP contribution in [0.3, 0.4) is 0 Å². The number of nitrogens with one attached hydrogen (secondary N) is 1. The Labute approximate surface area is 207 Å². The number of hydrogen-bond acceptors (Lipinski definition) is 7. The Morgan fingerprint density at radius 3 is 2.59 bits per heavy atom. The highest BCUT2D eigenvalue weighted by atomic mass is 32.2. The number of aromatic nitrogens is 3. The zero-order valence-electron chi connectivity index (χ0n) is 19.1. The van der Waals surface area contributed by atoms with Crippen molar-refractivity contribution in [3.8, 4) is 17.2 Å². The van der Waals surface area contributed by atoms with Crippen LogP contribution in [0.4, 0.5) is 0 Å². The summed E-state index contributed by atoms with van der Waals surface area (Å²) in [4.78, 5) is 13.7. The van der Waals surface area contributed by atoms with E-state index in [1.165, 1.54) is 16.6 Å². The molecule has 0 spiro atoms. The number of thioether (sulfide) groups is 1. The van der Waals surface area contributed by atoms with E-state index in [2.05, 4.69) is 27.0 Å². The maximum Gasteiger partial charge on any atom is 0.230 e. The minimum atomic E-state index is -0.0482. The number of carbonyl (C=O) groups is 1. The number of ether oxygens (including phenoxy) is 2. The van der Waals surface area contributed by atoms with Gasteiger partial charge in [-0.1, -0.05) is 42.1 Å². The highest BCUT2D eigenvalue weighted by Crippen LogP contribution is 2.28. The molecule has 0 bridgehead atoms. The van der Waals surface area contributed by atoms with E-state index in [0.717, 1.165) is 17.1 Å². The zero-order valence-corrected chi connectivity index (χ0v) is 20.7. The van der Waals surface area contributed by atoms with E-state index in [1.807, 2.05) is 59.2 Å². The summed E-state index contributed by atoms with van der Waals surface area (Å²) < 4.78 is 12.6. The minimum Gasteiger partial charge on any atom is -0.493 e. The highest BCUT2D eigenvalue weighted by molar-refractivity contribution is 7.99. The molecule has 0 radical (unpaired) electrons. The van der Waals surface area contributed by atoms with Gasteiger partial charge in [0.15, 0.2) is 16.7 Å². The molecule has 9 heteroatoms. The Hall–Kier alpha value is -3.30. The number of amides is 1. The van der Waals surface area contributed by atoms with Crippen molar-refractivity contribution in [1.29, 1.82) is 0 Å². The van der Waals surface area contributed by atoms with E-state index in [9.17, 15) is 4.79 Å². The first kappa shape index (κ1) is 23.8. The second kappa shape index (κ2) is 11.7. The van der Waals surface area contributed by atoms with Crippen molar-refractivity contribution in [2.45, 2.75) is 18.0 Å². The quantitative estimate of drug-likeness (QED) is 0.312. The Morgan fingerprint density at radius 1 is 1.03 bits per heavy atom. The SMILES string of the molecule is COc1ccc(CCNC(=O)CSc2nnc(Cc3cccs3)n2-c2ccccc2)cc1OC. The van der Waals surface area contributed by atoms with E-state index in [4.69, 9.17) is 9.47 Å². The lowest BCUT2D eigenvalue weighted by Crippen LogP contribution is -2.27. The molecular formula is C25H26N4O3S2. The van der Waals surface area contributed by atoms with Crippen LogP contribution in [0.2, 0.25) is 0 Å². The van der Waals surface area contributed by atoms with Crippen molar-refractivity contribution in [3.63, 3.8) is 0 Å². The van der Waals surface area contributed by atoms with Gasteiger partial charge in [-0.3, -0.25) is 9.36 Å². The van der Waals surface area contributed by atoms with E-state index in [0.29, 0.717) is 36.0 Å². The molecule has 34 heavy (non-hydrogen) atoms. The standard InChI is InChI=1S/C25H26N4O3S2/c1-31-21-11-10-18(15-22(21)32-2)12-13-26-24(30)17-34-25-28-27-23(16-20-9-6-14-33-20)29(25)19-7-4-3-5-8-19/h3-11,14-15H,12-13,16-17H2,1-2H3,(H,26,30). The molecule has 1 amide bonds. The van der Waals surface area contributed by atoms with Crippen LogP contribution in [-0.2, 0) is 17.6 Å². The van der Waals surface area contributed by atoms with Gasteiger partial charge in [0, 0.05) is 23.5 Å². The summed E-state index contributed by atoms with van der Waals surface area (Å²) >= 11 is 3.08. The average molecular weight is 495 g/mol. The molecular weight excluding hydrogens is 468 g/mol. The van der Waals surface area contributed by atoms with E-state index in [1.54, 1.807) is 25.6 Å². The molecule has 0 saturated carbocycles. The Kier molecular flexibility index (Phi) is 8.21. The molecule has 0 aliphatic heterocycles. The van der Waals surface area contributed by atoms with Crippen molar-refractivity contribution >= 4 is 29.0 Å². The summed E-state index contributed by atoms with van der Waals surface area (Å²) in [6, 6.07) is 19.9. The second-order valence-corrected chi connectivity index (χ2v) is 9.38. The van der Waals surface area contributed by atoms with Gasteiger partial charge in [-0.15, -0.1) is 21.5 Å². The molecule has 176 valence electrons. The predicted molar refractivity (Wildman–Crippen MR) is 135 cm³/mol. The molecule has 0 aliphatic rings. The molecule has 2 aromatic carbocycles. The lowest BCUT2D eigenvalue weighted by Gasteiger charge is -2.11. The molecule has 1 N–H and O–H groups in total. The van der Waals surface area contributed by atoms with Gasteiger partial charge in [-0.25, -0.2) is 0 Å². The van der Waals surface area contributed by atoms with Crippen LogP contribution in [0, 0.1) is 0 Å². The molecule has 4 aromatic rings. The minimum absolute atomic E-state index is 0.0482. The largest absolute Gasteiger partial charge is 0.493 e. The molecule has 7 nitrogen and oxygen atoms in total. The van der Waals surface area contributed by atoms with Gasteiger partial charge in [0.25, 0.3) is 0 Å². The van der Waals surface area contributed by atoms with Gasteiger partial charge in [-0.2, -0.15) is 0 Å². The first-order valence-electron chi connectivity index (χ1n) is 10.8. The van der Waals surface area contributed by atoms with E-state index in [-0.39, 0.29) is 11.7 Å². The fraction of sp³-hybridized carbons (Fsp3) is 0.240. The molecule has 0 saturated heterocycles. The molecule has 0 aliphatic carbocycles. The van der Waals surface area contributed by atoms with Gasteiger partial charge in [0.1, 0.15) is 5.82 Å². The van der Waals surface area contributed by atoms with E-state index < -0.39 is 0 Å². The number of hydrogen-bond donors (Lipinski definition) is 1. The number of rotatable bonds is 11. The first-order valence-corrected chi connectivity index (χ1v) is 12.7. The summed E-state index contributed by atoms with van der Waals surface area (Å²) in [7, 11) is 3.22. The predicted octanol–water partition coefficient (Wildman–Crippen LogP) is 4.39. The van der Waals surface area contributed by atoms with E-state index >= 15 is 0 Å². The Morgan fingerprint density at radius 2 is 1.85 bits per heavy atom. The molecule has 0 fully saturated rings. The monoisotopic (exact) mass is 494 g/mol.